The summed E-state index contributed by atoms with van der Waals surface area (Å²) in [5, 5.41) is 1.93. The zero-order valence-electron chi connectivity index (χ0n) is 8.86. The van der Waals surface area contributed by atoms with Gasteiger partial charge in [-0.05, 0) is 12.3 Å². The second-order valence-corrected chi connectivity index (χ2v) is 4.61. The summed E-state index contributed by atoms with van der Waals surface area (Å²) in [6.45, 7) is 4.22. The summed E-state index contributed by atoms with van der Waals surface area (Å²) in [6.07, 6.45) is 3.37. The monoisotopic (exact) mass is 212 g/mol. The van der Waals surface area contributed by atoms with E-state index in [0.717, 1.165) is 11.2 Å². The van der Waals surface area contributed by atoms with Crippen molar-refractivity contribution < 1.29 is 4.79 Å². The average molecular weight is 212 g/mol. The van der Waals surface area contributed by atoms with Crippen LogP contribution in [-0.4, -0.2) is 10.5 Å². The maximum atomic E-state index is 11.4. The molecule has 0 N–H and O–H groups in total. The molecule has 0 bridgehead atoms. The van der Waals surface area contributed by atoms with E-state index in [4.69, 9.17) is 0 Å². The predicted molar refractivity (Wildman–Crippen MR) is 57.9 cm³/mol. The first kappa shape index (κ1) is 11.2. The molecular weight excluding hydrogens is 196 g/mol. The fourth-order valence-electron chi connectivity index (χ4n) is 1.01. The Morgan fingerprint density at radius 3 is 2.86 bits per heavy atom. The Balaban J connectivity index is 2.61. The number of aromatic nitrogens is 1. The van der Waals surface area contributed by atoms with Gasteiger partial charge in [-0.25, -0.2) is 0 Å². The van der Waals surface area contributed by atoms with Crippen molar-refractivity contribution in [2.45, 2.75) is 26.7 Å². The van der Waals surface area contributed by atoms with Gasteiger partial charge in [0.1, 0.15) is 0 Å². The van der Waals surface area contributed by atoms with E-state index >= 15 is 0 Å². The third-order valence-corrected chi connectivity index (χ3v) is 2.76. The minimum absolute atomic E-state index is 0.0169. The summed E-state index contributed by atoms with van der Waals surface area (Å²) in [4.78, 5) is 16.2. The summed E-state index contributed by atoms with van der Waals surface area (Å²) in [6, 6.07) is 0. The standard InChI is InChI=1S/C10H16N2OS/c1-8(2)4-5-9(13)11-10-12(3)6-7-14-10/h6-8H,4-5H2,1-3H3. The van der Waals surface area contributed by atoms with E-state index in [1.54, 1.807) is 0 Å². The maximum absolute atomic E-state index is 11.4. The zero-order chi connectivity index (χ0) is 10.6. The molecule has 0 fully saturated rings. The molecule has 0 spiro atoms. The lowest BCUT2D eigenvalue weighted by molar-refractivity contribution is -0.118. The van der Waals surface area contributed by atoms with Crippen LogP contribution in [0.2, 0.25) is 0 Å². The highest BCUT2D eigenvalue weighted by atomic mass is 32.1. The van der Waals surface area contributed by atoms with E-state index in [9.17, 15) is 4.79 Å². The highest BCUT2D eigenvalue weighted by Gasteiger charge is 2.01. The first-order valence-corrected chi connectivity index (χ1v) is 5.65. The van der Waals surface area contributed by atoms with Gasteiger partial charge in [-0.2, -0.15) is 4.99 Å². The van der Waals surface area contributed by atoms with E-state index in [1.165, 1.54) is 11.3 Å². The Kier molecular flexibility index (Phi) is 4.07. The molecule has 0 saturated carbocycles. The van der Waals surface area contributed by atoms with Gasteiger partial charge in [-0.1, -0.05) is 13.8 Å². The first-order chi connectivity index (χ1) is 6.59. The molecule has 0 aliphatic rings. The fraction of sp³-hybridized carbons (Fsp3) is 0.600. The van der Waals surface area contributed by atoms with Crippen molar-refractivity contribution in [3.8, 4) is 0 Å². The molecule has 14 heavy (non-hydrogen) atoms. The second-order valence-electron chi connectivity index (χ2n) is 3.73. The van der Waals surface area contributed by atoms with Gasteiger partial charge in [-0.15, -0.1) is 11.3 Å². The summed E-state index contributed by atoms with van der Waals surface area (Å²) in [5.74, 6) is 0.544. The molecule has 1 rings (SSSR count). The molecule has 0 atom stereocenters. The van der Waals surface area contributed by atoms with Crippen molar-refractivity contribution in [2.75, 3.05) is 0 Å². The lowest BCUT2D eigenvalue weighted by atomic mass is 10.1. The number of amides is 1. The van der Waals surface area contributed by atoms with Gasteiger partial charge in [0.15, 0.2) is 4.80 Å². The molecule has 0 aliphatic carbocycles. The predicted octanol–water partition coefficient (Wildman–Crippen LogP) is 1.95. The normalized spacial score (nSPS) is 12.4. The smallest absolute Gasteiger partial charge is 0.248 e. The lowest BCUT2D eigenvalue weighted by Gasteiger charge is -1.99. The van der Waals surface area contributed by atoms with Gasteiger partial charge in [0.25, 0.3) is 0 Å². The van der Waals surface area contributed by atoms with Crippen molar-refractivity contribution in [3.63, 3.8) is 0 Å². The van der Waals surface area contributed by atoms with Crippen LogP contribution in [0.3, 0.4) is 0 Å². The van der Waals surface area contributed by atoms with Gasteiger partial charge in [0.05, 0.1) is 0 Å². The number of carbonyl (C=O) groups excluding carboxylic acids is 1. The third kappa shape index (κ3) is 3.46. The van der Waals surface area contributed by atoms with Crippen LogP contribution in [0.15, 0.2) is 16.6 Å². The van der Waals surface area contributed by atoms with Crippen molar-refractivity contribution >= 4 is 17.2 Å². The van der Waals surface area contributed by atoms with Crippen LogP contribution in [0, 0.1) is 5.92 Å². The molecule has 3 nitrogen and oxygen atoms in total. The van der Waals surface area contributed by atoms with Crippen LogP contribution in [0.4, 0.5) is 0 Å². The molecule has 78 valence electrons. The quantitative estimate of drug-likeness (QED) is 0.754. The van der Waals surface area contributed by atoms with Crippen LogP contribution in [-0.2, 0) is 11.8 Å². The Morgan fingerprint density at radius 1 is 1.64 bits per heavy atom. The third-order valence-electron chi connectivity index (χ3n) is 1.92. The lowest BCUT2D eigenvalue weighted by Crippen LogP contribution is -2.12. The topological polar surface area (TPSA) is 34.4 Å². The van der Waals surface area contributed by atoms with Gasteiger partial charge >= 0.3 is 0 Å². The molecule has 1 aromatic heterocycles. The zero-order valence-corrected chi connectivity index (χ0v) is 9.67. The fourth-order valence-corrected chi connectivity index (χ4v) is 1.76. The van der Waals surface area contributed by atoms with Crippen molar-refractivity contribution in [1.82, 2.24) is 4.57 Å². The highest BCUT2D eigenvalue weighted by Crippen LogP contribution is 2.03. The molecule has 1 amide bonds. The number of nitrogens with zero attached hydrogens (tertiary/aromatic N) is 2. The van der Waals surface area contributed by atoms with Crippen LogP contribution in [0.25, 0.3) is 0 Å². The van der Waals surface area contributed by atoms with E-state index < -0.39 is 0 Å². The summed E-state index contributed by atoms with van der Waals surface area (Å²) in [5.41, 5.74) is 0. The molecule has 0 unspecified atom stereocenters. The van der Waals surface area contributed by atoms with Gasteiger partial charge in [0.2, 0.25) is 5.91 Å². The number of rotatable bonds is 3. The number of carbonyl (C=O) groups is 1. The van der Waals surface area contributed by atoms with E-state index in [1.807, 2.05) is 23.2 Å². The van der Waals surface area contributed by atoms with Gasteiger partial charge in [-0.3, -0.25) is 4.79 Å². The number of aryl methyl sites for hydroxylation is 1. The second kappa shape index (κ2) is 5.10. The number of hydrogen-bond donors (Lipinski definition) is 0. The molecule has 0 aliphatic heterocycles. The van der Waals surface area contributed by atoms with Crippen molar-refractivity contribution in [1.29, 1.82) is 0 Å². The first-order valence-electron chi connectivity index (χ1n) is 4.77. The van der Waals surface area contributed by atoms with Crippen LogP contribution < -0.4 is 4.80 Å². The summed E-state index contributed by atoms with van der Waals surface area (Å²) < 4.78 is 1.86. The molecule has 0 radical (unpaired) electrons. The van der Waals surface area contributed by atoms with E-state index in [-0.39, 0.29) is 5.91 Å². The maximum Gasteiger partial charge on any atom is 0.248 e. The van der Waals surface area contributed by atoms with E-state index in [2.05, 4.69) is 18.8 Å². The highest BCUT2D eigenvalue weighted by molar-refractivity contribution is 7.07. The Bertz CT molecular complexity index is 362. The molecule has 1 aromatic rings. The Labute approximate surface area is 88.1 Å². The molecular formula is C10H16N2OS. The summed E-state index contributed by atoms with van der Waals surface area (Å²) >= 11 is 1.49. The van der Waals surface area contributed by atoms with Crippen LogP contribution >= 0.6 is 11.3 Å². The van der Waals surface area contributed by atoms with Crippen LogP contribution in [0.5, 0.6) is 0 Å². The summed E-state index contributed by atoms with van der Waals surface area (Å²) in [7, 11) is 1.89. The largest absolute Gasteiger partial charge is 0.327 e. The average Bonchev–Trinajstić information content (AvgIpc) is 2.49. The molecule has 0 aromatic carbocycles. The Morgan fingerprint density at radius 2 is 2.36 bits per heavy atom. The number of hydrogen-bond acceptors (Lipinski definition) is 2. The SMILES string of the molecule is CC(C)CCC(=O)N=c1sccn1C. The Hall–Kier alpha value is -0.900. The van der Waals surface area contributed by atoms with Gasteiger partial charge < -0.3 is 4.57 Å². The number of thiazole rings is 1. The molecule has 4 heteroatoms. The molecule has 0 saturated heterocycles. The van der Waals surface area contributed by atoms with Crippen molar-refractivity contribution in [3.05, 3.63) is 16.4 Å². The van der Waals surface area contributed by atoms with E-state index in [0.29, 0.717) is 12.3 Å². The minimum atomic E-state index is -0.0169. The van der Waals surface area contributed by atoms with Crippen LogP contribution in [0.1, 0.15) is 26.7 Å². The minimum Gasteiger partial charge on any atom is -0.327 e. The molecule has 1 heterocycles. The van der Waals surface area contributed by atoms with Crippen molar-refractivity contribution in [2.24, 2.45) is 18.0 Å². The van der Waals surface area contributed by atoms with Gasteiger partial charge in [0, 0.05) is 25.0 Å².